The number of nitrogens with one attached hydrogen (secondary N) is 1. The first kappa shape index (κ1) is 19.7. The van der Waals surface area contributed by atoms with E-state index in [4.69, 9.17) is 0 Å². The lowest BCUT2D eigenvalue weighted by atomic mass is 9.77. The van der Waals surface area contributed by atoms with E-state index in [1.165, 1.54) is 0 Å². The molecule has 0 spiro atoms. The minimum Gasteiger partial charge on any atom is -0.481 e. The van der Waals surface area contributed by atoms with Crippen LogP contribution in [0.2, 0.25) is 0 Å². The number of carbonyl (C=O) groups excluding carboxylic acids is 2. The molecule has 0 radical (unpaired) electrons. The molecule has 2 N–H and O–H groups in total. The average Bonchev–Trinajstić information content (AvgIpc) is 3.11. The Balaban J connectivity index is 1.95. The number of aliphatic carboxylic acids is 1. The standard InChI is InChI=1S/C19H32N2O4/c1-13(2)11-14(19(24)25)12-20-17(22)15-7-3-4-8-16(15)18(23)21-9-5-6-10-21/h13-16H,3-12H2,1-2H3,(H,20,22)(H,24,25). The van der Waals surface area contributed by atoms with Crippen LogP contribution in [0, 0.1) is 23.7 Å². The molecule has 3 atom stereocenters. The molecule has 2 amide bonds. The zero-order valence-electron chi connectivity index (χ0n) is 15.5. The van der Waals surface area contributed by atoms with Gasteiger partial charge in [0.2, 0.25) is 11.8 Å². The quantitative estimate of drug-likeness (QED) is 0.736. The number of amides is 2. The Labute approximate surface area is 150 Å². The summed E-state index contributed by atoms with van der Waals surface area (Å²) in [6.45, 7) is 5.71. The van der Waals surface area contributed by atoms with Gasteiger partial charge in [-0.1, -0.05) is 26.7 Å². The van der Waals surface area contributed by atoms with Gasteiger partial charge in [0, 0.05) is 31.5 Å². The maximum Gasteiger partial charge on any atom is 0.308 e. The van der Waals surface area contributed by atoms with Gasteiger partial charge in [-0.15, -0.1) is 0 Å². The van der Waals surface area contributed by atoms with Crippen LogP contribution in [-0.4, -0.2) is 47.4 Å². The second kappa shape index (κ2) is 9.20. The predicted octanol–water partition coefficient (Wildman–Crippen LogP) is 2.28. The fourth-order valence-corrected chi connectivity index (χ4v) is 4.11. The van der Waals surface area contributed by atoms with E-state index < -0.39 is 11.9 Å². The van der Waals surface area contributed by atoms with Gasteiger partial charge in [0.1, 0.15) is 0 Å². The molecule has 3 unspecified atom stereocenters. The Morgan fingerprint density at radius 3 is 2.20 bits per heavy atom. The second-order valence-electron chi connectivity index (χ2n) is 7.94. The van der Waals surface area contributed by atoms with Crippen molar-refractivity contribution in [1.29, 1.82) is 0 Å². The van der Waals surface area contributed by atoms with Crippen LogP contribution in [0.1, 0.15) is 58.8 Å². The number of rotatable bonds is 7. The molecule has 2 aliphatic rings. The summed E-state index contributed by atoms with van der Waals surface area (Å²) >= 11 is 0. The molecule has 6 nitrogen and oxygen atoms in total. The van der Waals surface area contributed by atoms with Crippen LogP contribution in [0.15, 0.2) is 0 Å². The molecule has 1 aliphatic carbocycles. The number of hydrogen-bond acceptors (Lipinski definition) is 3. The van der Waals surface area contributed by atoms with Crippen molar-refractivity contribution in [3.05, 3.63) is 0 Å². The average molecular weight is 352 g/mol. The van der Waals surface area contributed by atoms with Gasteiger partial charge in [-0.3, -0.25) is 14.4 Å². The van der Waals surface area contributed by atoms with Crippen molar-refractivity contribution in [2.45, 2.75) is 58.8 Å². The second-order valence-corrected chi connectivity index (χ2v) is 7.94. The van der Waals surface area contributed by atoms with Crippen LogP contribution in [0.3, 0.4) is 0 Å². The fraction of sp³-hybridized carbons (Fsp3) is 0.842. The molecule has 25 heavy (non-hydrogen) atoms. The van der Waals surface area contributed by atoms with Gasteiger partial charge in [-0.2, -0.15) is 0 Å². The van der Waals surface area contributed by atoms with Gasteiger partial charge in [0.05, 0.1) is 5.92 Å². The van der Waals surface area contributed by atoms with E-state index in [2.05, 4.69) is 5.32 Å². The van der Waals surface area contributed by atoms with Crippen molar-refractivity contribution in [3.8, 4) is 0 Å². The first-order valence-corrected chi connectivity index (χ1v) is 9.69. The molecule has 1 saturated heterocycles. The molecule has 0 aromatic rings. The molecule has 2 fully saturated rings. The van der Waals surface area contributed by atoms with E-state index in [0.29, 0.717) is 6.42 Å². The number of nitrogens with zero attached hydrogens (tertiary/aromatic N) is 1. The highest BCUT2D eigenvalue weighted by Gasteiger charge is 2.38. The van der Waals surface area contributed by atoms with Gasteiger partial charge in [0.25, 0.3) is 0 Å². The Hall–Kier alpha value is -1.59. The third-order valence-corrected chi connectivity index (χ3v) is 5.47. The van der Waals surface area contributed by atoms with Crippen LogP contribution in [-0.2, 0) is 14.4 Å². The van der Waals surface area contributed by atoms with E-state index in [-0.39, 0.29) is 36.1 Å². The van der Waals surface area contributed by atoms with E-state index in [1.54, 1.807) is 0 Å². The van der Waals surface area contributed by atoms with E-state index in [0.717, 1.165) is 51.6 Å². The summed E-state index contributed by atoms with van der Waals surface area (Å²) in [7, 11) is 0. The van der Waals surface area contributed by atoms with E-state index in [1.807, 2.05) is 18.7 Å². The van der Waals surface area contributed by atoms with Crippen molar-refractivity contribution in [3.63, 3.8) is 0 Å². The number of carboxylic acids is 1. The fourth-order valence-electron chi connectivity index (χ4n) is 4.11. The summed E-state index contributed by atoms with van der Waals surface area (Å²) < 4.78 is 0. The number of hydrogen-bond donors (Lipinski definition) is 2. The SMILES string of the molecule is CC(C)CC(CNC(=O)C1CCCCC1C(=O)N1CCCC1)C(=O)O. The molecule has 6 heteroatoms. The van der Waals surface area contributed by atoms with Crippen molar-refractivity contribution in [2.75, 3.05) is 19.6 Å². The lowest BCUT2D eigenvalue weighted by Crippen LogP contribution is -2.46. The van der Waals surface area contributed by atoms with Gasteiger partial charge in [-0.05, 0) is 38.0 Å². The summed E-state index contributed by atoms with van der Waals surface area (Å²) in [6.07, 6.45) is 6.06. The number of carbonyl (C=O) groups is 3. The molecule has 2 rings (SSSR count). The molecular formula is C19H32N2O4. The Morgan fingerprint density at radius 2 is 1.64 bits per heavy atom. The molecule has 1 saturated carbocycles. The highest BCUT2D eigenvalue weighted by molar-refractivity contribution is 5.88. The maximum atomic E-state index is 12.8. The van der Waals surface area contributed by atoms with Gasteiger partial charge < -0.3 is 15.3 Å². The maximum absolute atomic E-state index is 12.8. The largest absolute Gasteiger partial charge is 0.481 e. The summed E-state index contributed by atoms with van der Waals surface area (Å²) in [5, 5.41) is 12.1. The zero-order chi connectivity index (χ0) is 18.4. The zero-order valence-corrected chi connectivity index (χ0v) is 15.5. The Kier molecular flexibility index (Phi) is 7.26. The van der Waals surface area contributed by atoms with Crippen molar-refractivity contribution >= 4 is 17.8 Å². The number of likely N-dealkylation sites (tertiary alicyclic amines) is 1. The summed E-state index contributed by atoms with van der Waals surface area (Å²) in [6, 6.07) is 0. The lowest BCUT2D eigenvalue weighted by Gasteiger charge is -2.32. The Bertz CT molecular complexity index is 486. The van der Waals surface area contributed by atoms with E-state index >= 15 is 0 Å². The van der Waals surface area contributed by atoms with Crippen LogP contribution >= 0.6 is 0 Å². The van der Waals surface area contributed by atoms with Crippen LogP contribution in [0.4, 0.5) is 0 Å². The molecule has 0 aromatic heterocycles. The third kappa shape index (κ3) is 5.44. The van der Waals surface area contributed by atoms with Crippen molar-refractivity contribution in [1.82, 2.24) is 10.2 Å². The van der Waals surface area contributed by atoms with Gasteiger partial charge in [0.15, 0.2) is 0 Å². The number of carboxylic acid groups (broad SMARTS) is 1. The summed E-state index contributed by atoms with van der Waals surface area (Å²) in [5.74, 6) is -1.75. The molecule has 1 aliphatic heterocycles. The third-order valence-electron chi connectivity index (χ3n) is 5.47. The minimum absolute atomic E-state index is 0.120. The van der Waals surface area contributed by atoms with Crippen molar-refractivity contribution in [2.24, 2.45) is 23.7 Å². The topological polar surface area (TPSA) is 86.7 Å². The molecule has 1 heterocycles. The van der Waals surface area contributed by atoms with Gasteiger partial charge >= 0.3 is 5.97 Å². The molecule has 0 bridgehead atoms. The highest BCUT2D eigenvalue weighted by atomic mass is 16.4. The normalized spacial score (nSPS) is 25.0. The Morgan fingerprint density at radius 1 is 1.04 bits per heavy atom. The molecular weight excluding hydrogens is 320 g/mol. The van der Waals surface area contributed by atoms with E-state index in [9.17, 15) is 19.5 Å². The molecule has 0 aromatic carbocycles. The highest BCUT2D eigenvalue weighted by Crippen LogP contribution is 2.32. The van der Waals surface area contributed by atoms with Crippen LogP contribution < -0.4 is 5.32 Å². The lowest BCUT2D eigenvalue weighted by molar-refractivity contribution is -0.144. The minimum atomic E-state index is -0.873. The first-order valence-electron chi connectivity index (χ1n) is 9.69. The van der Waals surface area contributed by atoms with Gasteiger partial charge in [-0.25, -0.2) is 0 Å². The summed E-state index contributed by atoms with van der Waals surface area (Å²) in [5.41, 5.74) is 0. The first-order chi connectivity index (χ1) is 11.9. The van der Waals surface area contributed by atoms with Crippen LogP contribution in [0.5, 0.6) is 0 Å². The van der Waals surface area contributed by atoms with Crippen molar-refractivity contribution < 1.29 is 19.5 Å². The monoisotopic (exact) mass is 352 g/mol. The van der Waals surface area contributed by atoms with Crippen LogP contribution in [0.25, 0.3) is 0 Å². The molecule has 142 valence electrons. The summed E-state index contributed by atoms with van der Waals surface area (Å²) in [4.78, 5) is 38.7. The predicted molar refractivity (Wildman–Crippen MR) is 94.9 cm³/mol. The smallest absolute Gasteiger partial charge is 0.308 e.